The van der Waals surface area contributed by atoms with Crippen molar-refractivity contribution < 1.29 is 4.79 Å². The van der Waals surface area contributed by atoms with Crippen molar-refractivity contribution in [1.29, 1.82) is 0 Å². The molecule has 2 atom stereocenters. The van der Waals surface area contributed by atoms with Crippen molar-refractivity contribution in [3.05, 3.63) is 0 Å². The Kier molecular flexibility index (Phi) is 1.42. The van der Waals surface area contributed by atoms with Crippen LogP contribution in [0.4, 0.5) is 0 Å². The molecule has 2 unspecified atom stereocenters. The van der Waals surface area contributed by atoms with Gasteiger partial charge in [0.05, 0.1) is 12.0 Å². The average Bonchev–Trinajstić information content (AvgIpc) is 1.92. The highest BCUT2D eigenvalue weighted by Gasteiger charge is 2.44. The molecule has 2 fully saturated rings. The van der Waals surface area contributed by atoms with Gasteiger partial charge in [-0.05, 0) is 19.8 Å². The molecule has 0 saturated carbocycles. The van der Waals surface area contributed by atoms with E-state index in [1.807, 2.05) is 0 Å². The number of carbonyl (C=O) groups is 1. The predicted molar refractivity (Wildman–Crippen MR) is 42.2 cm³/mol. The molecule has 1 amide bonds. The van der Waals surface area contributed by atoms with E-state index in [2.05, 4.69) is 17.6 Å². The fourth-order valence-electron chi connectivity index (χ4n) is 1.90. The third-order valence-corrected chi connectivity index (χ3v) is 2.75. The van der Waals surface area contributed by atoms with Crippen LogP contribution in [-0.4, -0.2) is 24.0 Å². The Morgan fingerprint density at radius 1 is 1.64 bits per heavy atom. The van der Waals surface area contributed by atoms with Gasteiger partial charge in [0.2, 0.25) is 5.91 Å². The number of hydrogen-bond donors (Lipinski definition) is 2. The van der Waals surface area contributed by atoms with Crippen LogP contribution in [0.1, 0.15) is 26.2 Å². The Bertz CT molecular complexity index is 173. The lowest BCUT2D eigenvalue weighted by Crippen LogP contribution is -2.68. The van der Waals surface area contributed by atoms with Crippen molar-refractivity contribution in [2.24, 2.45) is 0 Å². The van der Waals surface area contributed by atoms with Gasteiger partial charge in [-0.2, -0.15) is 0 Å². The molecule has 0 bridgehead atoms. The summed E-state index contributed by atoms with van der Waals surface area (Å²) >= 11 is 0. The molecule has 0 aromatic rings. The lowest BCUT2D eigenvalue weighted by Gasteiger charge is -2.46. The molecule has 2 N–H and O–H groups in total. The zero-order chi connectivity index (χ0) is 7.90. The van der Waals surface area contributed by atoms with Crippen molar-refractivity contribution in [2.75, 3.05) is 6.54 Å². The maximum absolute atomic E-state index is 10.7. The summed E-state index contributed by atoms with van der Waals surface area (Å²) < 4.78 is 0. The Labute approximate surface area is 66.5 Å². The summed E-state index contributed by atoms with van der Waals surface area (Å²) in [6, 6.07) is 0.623. The Morgan fingerprint density at radius 3 is 2.82 bits per heavy atom. The topological polar surface area (TPSA) is 41.1 Å². The molecule has 2 rings (SSSR count). The highest BCUT2D eigenvalue weighted by atomic mass is 16.2. The fraction of sp³-hybridized carbons (Fsp3) is 0.875. The van der Waals surface area contributed by atoms with Gasteiger partial charge in [0.1, 0.15) is 0 Å². The maximum atomic E-state index is 10.7. The van der Waals surface area contributed by atoms with E-state index in [-0.39, 0.29) is 11.4 Å². The minimum atomic E-state index is 0.142. The first kappa shape index (κ1) is 7.10. The standard InChI is InChI=1S/C8H14N2O/c1-6-2-3-8(5-9-6)4-7(11)10-8/h6,9H,2-5H2,1H3,(H,10,11). The number of hydrogen-bond acceptors (Lipinski definition) is 2. The molecule has 2 heterocycles. The van der Waals surface area contributed by atoms with E-state index in [4.69, 9.17) is 0 Å². The predicted octanol–water partition coefficient (Wildman–Crippen LogP) is 0.0170. The Hall–Kier alpha value is -0.570. The fourth-order valence-corrected chi connectivity index (χ4v) is 1.90. The Morgan fingerprint density at radius 2 is 2.36 bits per heavy atom. The molecule has 0 aliphatic carbocycles. The molecule has 0 aromatic carbocycles. The monoisotopic (exact) mass is 154 g/mol. The SMILES string of the molecule is CC1CCC2(CN1)CC(=O)N2. The number of β-lactam (4-membered cyclic amide) rings is 1. The minimum Gasteiger partial charge on any atom is -0.349 e. The normalized spacial score (nSPS) is 43.4. The van der Waals surface area contributed by atoms with Gasteiger partial charge in [-0.1, -0.05) is 0 Å². The molecule has 2 aliphatic rings. The van der Waals surface area contributed by atoms with Crippen LogP contribution in [0.15, 0.2) is 0 Å². The molecule has 3 nitrogen and oxygen atoms in total. The van der Waals surface area contributed by atoms with E-state index in [1.165, 1.54) is 6.42 Å². The quantitative estimate of drug-likeness (QED) is 0.483. The summed E-state index contributed by atoms with van der Waals surface area (Å²) in [6.45, 7) is 3.15. The molecular weight excluding hydrogens is 140 g/mol. The number of piperidine rings is 1. The largest absolute Gasteiger partial charge is 0.349 e. The Balaban J connectivity index is 1.92. The lowest BCUT2D eigenvalue weighted by molar-refractivity contribution is -0.133. The van der Waals surface area contributed by atoms with Crippen LogP contribution in [0, 0.1) is 0 Å². The van der Waals surface area contributed by atoms with Gasteiger partial charge in [-0.25, -0.2) is 0 Å². The molecule has 1 spiro atoms. The first-order valence-electron chi connectivity index (χ1n) is 4.25. The summed E-state index contributed by atoms with van der Waals surface area (Å²) in [7, 11) is 0. The van der Waals surface area contributed by atoms with Crippen LogP contribution in [-0.2, 0) is 4.79 Å². The zero-order valence-corrected chi connectivity index (χ0v) is 6.81. The van der Waals surface area contributed by atoms with Gasteiger partial charge in [0.25, 0.3) is 0 Å². The smallest absolute Gasteiger partial charge is 0.222 e. The van der Waals surface area contributed by atoms with Gasteiger partial charge in [-0.3, -0.25) is 4.79 Å². The van der Waals surface area contributed by atoms with E-state index in [0.29, 0.717) is 6.04 Å². The third-order valence-electron chi connectivity index (χ3n) is 2.75. The highest BCUT2D eigenvalue weighted by Crippen LogP contribution is 2.28. The van der Waals surface area contributed by atoms with Gasteiger partial charge >= 0.3 is 0 Å². The van der Waals surface area contributed by atoms with E-state index >= 15 is 0 Å². The van der Waals surface area contributed by atoms with Crippen LogP contribution >= 0.6 is 0 Å². The molecule has 3 heteroatoms. The van der Waals surface area contributed by atoms with Crippen LogP contribution in [0.5, 0.6) is 0 Å². The van der Waals surface area contributed by atoms with Crippen LogP contribution in [0.2, 0.25) is 0 Å². The van der Waals surface area contributed by atoms with E-state index in [1.54, 1.807) is 0 Å². The van der Waals surface area contributed by atoms with E-state index in [0.717, 1.165) is 19.4 Å². The summed E-state index contributed by atoms with van der Waals surface area (Å²) in [5.41, 5.74) is 0.142. The maximum Gasteiger partial charge on any atom is 0.222 e. The molecule has 0 radical (unpaired) electrons. The first-order chi connectivity index (χ1) is 5.20. The second kappa shape index (κ2) is 2.21. The first-order valence-corrected chi connectivity index (χ1v) is 4.25. The lowest BCUT2D eigenvalue weighted by atomic mass is 9.79. The molecule has 2 saturated heterocycles. The van der Waals surface area contributed by atoms with Gasteiger partial charge < -0.3 is 10.6 Å². The van der Waals surface area contributed by atoms with Crippen molar-refractivity contribution in [2.45, 2.75) is 37.8 Å². The summed E-state index contributed by atoms with van der Waals surface area (Å²) in [6.07, 6.45) is 3.06. The molecule has 2 aliphatic heterocycles. The van der Waals surface area contributed by atoms with Crippen LogP contribution < -0.4 is 10.6 Å². The van der Waals surface area contributed by atoms with Crippen molar-refractivity contribution in [1.82, 2.24) is 10.6 Å². The van der Waals surface area contributed by atoms with Crippen LogP contribution in [0.25, 0.3) is 0 Å². The summed E-state index contributed by atoms with van der Waals surface area (Å²) in [5, 5.41) is 6.36. The highest BCUT2D eigenvalue weighted by molar-refractivity contribution is 5.84. The van der Waals surface area contributed by atoms with Crippen molar-refractivity contribution in [3.63, 3.8) is 0 Å². The number of nitrogens with one attached hydrogen (secondary N) is 2. The molecular formula is C8H14N2O. The van der Waals surface area contributed by atoms with Gasteiger partial charge in [0.15, 0.2) is 0 Å². The summed E-state index contributed by atoms with van der Waals surface area (Å²) in [5.74, 6) is 0.210. The second-order valence-electron chi connectivity index (χ2n) is 3.83. The number of amides is 1. The van der Waals surface area contributed by atoms with Crippen molar-refractivity contribution in [3.8, 4) is 0 Å². The molecule has 11 heavy (non-hydrogen) atoms. The summed E-state index contributed by atoms with van der Waals surface area (Å²) in [4.78, 5) is 10.7. The zero-order valence-electron chi connectivity index (χ0n) is 6.81. The van der Waals surface area contributed by atoms with Crippen molar-refractivity contribution >= 4 is 5.91 Å². The molecule has 62 valence electrons. The number of carbonyl (C=O) groups excluding carboxylic acids is 1. The third kappa shape index (κ3) is 1.13. The molecule has 0 aromatic heterocycles. The second-order valence-corrected chi connectivity index (χ2v) is 3.83. The van der Waals surface area contributed by atoms with Gasteiger partial charge in [0, 0.05) is 12.6 Å². The van der Waals surface area contributed by atoms with Crippen LogP contribution in [0.3, 0.4) is 0 Å². The van der Waals surface area contributed by atoms with E-state index in [9.17, 15) is 4.79 Å². The minimum absolute atomic E-state index is 0.142. The average molecular weight is 154 g/mol. The van der Waals surface area contributed by atoms with E-state index < -0.39 is 0 Å². The number of rotatable bonds is 0. The van der Waals surface area contributed by atoms with Gasteiger partial charge in [-0.15, -0.1) is 0 Å².